The summed E-state index contributed by atoms with van der Waals surface area (Å²) in [7, 11) is 1.93. The number of hydrogen-bond acceptors (Lipinski definition) is 6. The zero-order valence-electron chi connectivity index (χ0n) is 29.0. The SMILES string of the molecule is CCC(=O)N[C@@H](C(=O)N1CCN(C)CC1)[C@@H](C)c1ccc(NC(=O)[C@](C)(NC(=O)C(F)(F)c2cccc(C#N)c2)C2CCC(F)(F)CC2)c(F)c1. The van der Waals surface area contributed by atoms with Gasteiger partial charge in [0.25, 0.3) is 5.91 Å². The van der Waals surface area contributed by atoms with Gasteiger partial charge in [0.1, 0.15) is 17.4 Å². The number of halogens is 5. The Morgan fingerprint density at radius 3 is 2.25 bits per heavy atom. The van der Waals surface area contributed by atoms with Crippen LogP contribution in [0.15, 0.2) is 42.5 Å². The third-order valence-electron chi connectivity index (χ3n) is 10.0. The van der Waals surface area contributed by atoms with E-state index in [-0.39, 0.29) is 42.3 Å². The molecule has 2 aliphatic rings. The van der Waals surface area contributed by atoms with Crippen LogP contribution in [0.25, 0.3) is 0 Å². The number of amides is 4. The van der Waals surface area contributed by atoms with Gasteiger partial charge in [0.2, 0.25) is 23.6 Å². The Morgan fingerprint density at radius 1 is 1.02 bits per heavy atom. The first-order valence-electron chi connectivity index (χ1n) is 16.9. The van der Waals surface area contributed by atoms with Crippen molar-refractivity contribution in [3.05, 3.63) is 65.0 Å². The Balaban J connectivity index is 1.59. The standard InChI is InChI=1S/C36H43F5N6O4/c1-5-29(48)44-30(31(49)47-17-15-46(4)16-18-47)22(2)24-9-10-28(27(37)20-24)43-32(50)34(3,25-11-13-35(38,39)14-12-25)45-33(51)36(40,41)26-8-6-7-23(19-26)21-42/h6-10,19-20,22,25,30H,5,11-18H2,1-4H3,(H,43,50)(H,44,48)(H,45,51)/t22-,30+,34+/m0/s1. The van der Waals surface area contributed by atoms with E-state index in [1.54, 1.807) is 24.8 Å². The molecule has 51 heavy (non-hydrogen) atoms. The summed E-state index contributed by atoms with van der Waals surface area (Å²) in [4.78, 5) is 56.6. The smallest absolute Gasteiger partial charge is 0.344 e. The molecule has 1 saturated carbocycles. The van der Waals surface area contributed by atoms with Crippen LogP contribution in [0.1, 0.15) is 75.5 Å². The third kappa shape index (κ3) is 9.02. The molecule has 1 heterocycles. The van der Waals surface area contributed by atoms with Gasteiger partial charge in [0, 0.05) is 56.9 Å². The molecule has 0 bridgehead atoms. The van der Waals surface area contributed by atoms with Gasteiger partial charge in [0.05, 0.1) is 17.3 Å². The minimum absolute atomic E-state index is 0.116. The second-order valence-corrected chi connectivity index (χ2v) is 13.6. The maximum absolute atomic E-state index is 15.7. The van der Waals surface area contributed by atoms with Crippen molar-refractivity contribution in [2.75, 3.05) is 38.5 Å². The molecule has 276 valence electrons. The molecule has 4 amide bonds. The first kappa shape index (κ1) is 39.2. The number of nitrogens with zero attached hydrogens (tertiary/aromatic N) is 3. The van der Waals surface area contributed by atoms with Crippen molar-refractivity contribution >= 4 is 29.3 Å². The number of alkyl halides is 4. The molecule has 15 heteroatoms. The monoisotopic (exact) mass is 718 g/mol. The van der Waals surface area contributed by atoms with Crippen molar-refractivity contribution in [1.29, 1.82) is 5.26 Å². The van der Waals surface area contributed by atoms with Crippen LogP contribution < -0.4 is 16.0 Å². The molecule has 1 saturated heterocycles. The normalized spacial score (nSPS) is 19.2. The largest absolute Gasteiger partial charge is 0.349 e. The second-order valence-electron chi connectivity index (χ2n) is 13.6. The summed E-state index contributed by atoms with van der Waals surface area (Å²) in [6.07, 6.45) is -1.78. The van der Waals surface area contributed by atoms with E-state index in [2.05, 4.69) is 20.9 Å². The van der Waals surface area contributed by atoms with E-state index >= 15 is 13.2 Å². The van der Waals surface area contributed by atoms with Crippen molar-refractivity contribution < 1.29 is 41.1 Å². The van der Waals surface area contributed by atoms with E-state index < -0.39 is 71.3 Å². The van der Waals surface area contributed by atoms with E-state index in [1.807, 2.05) is 7.05 Å². The number of hydrogen-bond donors (Lipinski definition) is 3. The first-order valence-corrected chi connectivity index (χ1v) is 16.9. The van der Waals surface area contributed by atoms with Gasteiger partial charge in [0.15, 0.2) is 0 Å². The average molecular weight is 719 g/mol. The molecule has 10 nitrogen and oxygen atoms in total. The summed E-state index contributed by atoms with van der Waals surface area (Å²) in [5.74, 6) is -13.6. The third-order valence-corrected chi connectivity index (χ3v) is 10.0. The van der Waals surface area contributed by atoms with E-state index in [1.165, 1.54) is 24.3 Å². The van der Waals surface area contributed by atoms with E-state index in [4.69, 9.17) is 5.26 Å². The molecular weight excluding hydrogens is 675 g/mol. The number of piperazine rings is 1. The topological polar surface area (TPSA) is 135 Å². The Bertz CT molecular complexity index is 1670. The molecule has 0 aromatic heterocycles. The number of carbonyl (C=O) groups excluding carboxylic acids is 4. The van der Waals surface area contributed by atoms with E-state index in [0.717, 1.165) is 25.1 Å². The Kier molecular flexibility index (Phi) is 12.1. The van der Waals surface area contributed by atoms with Crippen molar-refractivity contribution in [1.82, 2.24) is 20.4 Å². The summed E-state index contributed by atoms with van der Waals surface area (Å²) in [6, 6.07) is 8.63. The Hall–Kier alpha value is -4.58. The predicted octanol–water partition coefficient (Wildman–Crippen LogP) is 4.90. The summed E-state index contributed by atoms with van der Waals surface area (Å²) >= 11 is 0. The fourth-order valence-corrected chi connectivity index (χ4v) is 6.45. The zero-order valence-corrected chi connectivity index (χ0v) is 29.0. The van der Waals surface area contributed by atoms with Crippen LogP contribution in [0.2, 0.25) is 0 Å². The number of carbonyl (C=O) groups is 4. The van der Waals surface area contributed by atoms with E-state index in [0.29, 0.717) is 31.7 Å². The lowest BCUT2D eigenvalue weighted by molar-refractivity contribution is -0.153. The van der Waals surface area contributed by atoms with Crippen molar-refractivity contribution in [3.8, 4) is 6.07 Å². The number of anilines is 1. The highest BCUT2D eigenvalue weighted by atomic mass is 19.3. The molecule has 1 aliphatic heterocycles. The molecule has 2 aromatic rings. The molecular formula is C36H43F5N6O4. The fraction of sp³-hybridized carbons (Fsp3) is 0.528. The van der Waals surface area contributed by atoms with Gasteiger partial charge in [-0.2, -0.15) is 14.0 Å². The van der Waals surface area contributed by atoms with Gasteiger partial charge in [-0.3, -0.25) is 19.2 Å². The Morgan fingerprint density at radius 2 is 1.67 bits per heavy atom. The fourth-order valence-electron chi connectivity index (χ4n) is 6.45. The van der Waals surface area contributed by atoms with Crippen LogP contribution in [0.4, 0.5) is 27.6 Å². The molecule has 3 atom stereocenters. The van der Waals surface area contributed by atoms with Crippen LogP contribution >= 0.6 is 0 Å². The van der Waals surface area contributed by atoms with Crippen molar-refractivity contribution in [3.63, 3.8) is 0 Å². The molecule has 2 fully saturated rings. The Labute approximate surface area is 293 Å². The van der Waals surface area contributed by atoms with Gasteiger partial charge >= 0.3 is 5.92 Å². The summed E-state index contributed by atoms with van der Waals surface area (Å²) in [6.45, 7) is 6.61. The van der Waals surface area contributed by atoms with Gasteiger partial charge in [-0.05, 0) is 62.6 Å². The van der Waals surface area contributed by atoms with Crippen LogP contribution in [-0.4, -0.2) is 84.2 Å². The van der Waals surface area contributed by atoms with Crippen molar-refractivity contribution in [2.24, 2.45) is 5.92 Å². The average Bonchev–Trinajstić information content (AvgIpc) is 3.10. The maximum atomic E-state index is 15.7. The molecule has 0 spiro atoms. The lowest BCUT2D eigenvalue weighted by atomic mass is 9.73. The van der Waals surface area contributed by atoms with Crippen molar-refractivity contribution in [2.45, 2.75) is 82.2 Å². The van der Waals surface area contributed by atoms with Crippen LogP contribution in [0, 0.1) is 23.1 Å². The number of rotatable bonds is 11. The molecule has 0 radical (unpaired) electrons. The first-order chi connectivity index (χ1) is 23.9. The molecule has 2 aromatic carbocycles. The van der Waals surface area contributed by atoms with Gasteiger partial charge in [-0.15, -0.1) is 0 Å². The molecule has 3 N–H and O–H groups in total. The molecule has 0 unspecified atom stereocenters. The van der Waals surface area contributed by atoms with Crippen LogP contribution in [0.5, 0.6) is 0 Å². The van der Waals surface area contributed by atoms with Gasteiger partial charge in [-0.25, -0.2) is 13.2 Å². The number of nitriles is 1. The predicted molar refractivity (Wildman–Crippen MR) is 178 cm³/mol. The van der Waals surface area contributed by atoms with Crippen LogP contribution in [0.3, 0.4) is 0 Å². The summed E-state index contributed by atoms with van der Waals surface area (Å²) in [5.41, 5.74) is -3.20. The number of likely N-dealkylation sites (N-methyl/N-ethyl adjacent to an activating group) is 1. The van der Waals surface area contributed by atoms with Crippen LogP contribution in [-0.2, 0) is 25.1 Å². The maximum Gasteiger partial charge on any atom is 0.349 e. The minimum atomic E-state index is -4.22. The van der Waals surface area contributed by atoms with Gasteiger partial charge in [-0.1, -0.05) is 32.0 Å². The highest BCUT2D eigenvalue weighted by Crippen LogP contribution is 2.42. The number of benzene rings is 2. The minimum Gasteiger partial charge on any atom is -0.344 e. The van der Waals surface area contributed by atoms with E-state index in [9.17, 15) is 28.0 Å². The molecule has 1 aliphatic carbocycles. The summed E-state index contributed by atoms with van der Waals surface area (Å²) in [5, 5.41) is 16.3. The highest BCUT2D eigenvalue weighted by Gasteiger charge is 2.51. The second kappa shape index (κ2) is 15.8. The zero-order chi connectivity index (χ0) is 37.7. The lowest BCUT2D eigenvalue weighted by Crippen LogP contribution is -2.62. The quantitative estimate of drug-likeness (QED) is 0.283. The van der Waals surface area contributed by atoms with Gasteiger partial charge < -0.3 is 25.8 Å². The lowest BCUT2D eigenvalue weighted by Gasteiger charge is -2.41. The summed E-state index contributed by atoms with van der Waals surface area (Å²) < 4.78 is 74.8. The highest BCUT2D eigenvalue weighted by molar-refractivity contribution is 6.01. The molecule has 4 rings (SSSR count). The number of nitrogens with one attached hydrogen (secondary N) is 3.